The Morgan fingerprint density at radius 2 is 2.00 bits per heavy atom. The molecule has 0 radical (unpaired) electrons. The SMILES string of the molecule is O=[N+]([O-])c1cccc(COc2ccc(Br)cc2CBr)c1F. The van der Waals surface area contributed by atoms with Gasteiger partial charge in [0.05, 0.1) is 4.92 Å². The lowest BCUT2D eigenvalue weighted by Crippen LogP contribution is -2.03. The highest BCUT2D eigenvalue weighted by Gasteiger charge is 2.17. The van der Waals surface area contributed by atoms with Crippen LogP contribution in [0.3, 0.4) is 0 Å². The number of benzene rings is 2. The molecule has 110 valence electrons. The fourth-order valence-electron chi connectivity index (χ4n) is 1.77. The Bertz CT molecular complexity index is 679. The van der Waals surface area contributed by atoms with Crippen LogP contribution in [0.25, 0.3) is 0 Å². The van der Waals surface area contributed by atoms with E-state index >= 15 is 0 Å². The van der Waals surface area contributed by atoms with Crippen LogP contribution >= 0.6 is 31.9 Å². The van der Waals surface area contributed by atoms with Crippen molar-refractivity contribution in [2.45, 2.75) is 11.9 Å². The van der Waals surface area contributed by atoms with E-state index in [0.717, 1.165) is 16.1 Å². The lowest BCUT2D eigenvalue weighted by Gasteiger charge is -2.11. The zero-order valence-electron chi connectivity index (χ0n) is 10.7. The number of nitro groups is 1. The Kier molecular flexibility index (Phi) is 5.30. The average Bonchev–Trinajstić information content (AvgIpc) is 2.46. The van der Waals surface area contributed by atoms with Crippen LogP contribution in [0, 0.1) is 15.9 Å². The van der Waals surface area contributed by atoms with Crippen LogP contribution in [-0.2, 0) is 11.9 Å². The van der Waals surface area contributed by atoms with Gasteiger partial charge in [0, 0.05) is 27.0 Å². The van der Waals surface area contributed by atoms with Gasteiger partial charge >= 0.3 is 5.69 Å². The summed E-state index contributed by atoms with van der Waals surface area (Å²) in [7, 11) is 0. The summed E-state index contributed by atoms with van der Waals surface area (Å²) in [5, 5.41) is 11.3. The van der Waals surface area contributed by atoms with Crippen LogP contribution in [0.1, 0.15) is 11.1 Å². The number of hydrogen-bond acceptors (Lipinski definition) is 3. The fraction of sp³-hybridized carbons (Fsp3) is 0.143. The van der Waals surface area contributed by atoms with E-state index in [1.807, 2.05) is 12.1 Å². The number of nitrogens with zero attached hydrogens (tertiary/aromatic N) is 1. The maximum atomic E-state index is 13.9. The predicted octanol–water partition coefficient (Wildman–Crippen LogP) is 4.97. The number of ether oxygens (including phenoxy) is 1. The van der Waals surface area contributed by atoms with Gasteiger partial charge in [-0.1, -0.05) is 44.0 Å². The van der Waals surface area contributed by atoms with E-state index in [0.29, 0.717) is 11.1 Å². The molecular weight excluding hydrogens is 409 g/mol. The van der Waals surface area contributed by atoms with Crippen molar-refractivity contribution in [3.8, 4) is 5.75 Å². The molecule has 0 amide bonds. The number of alkyl halides is 1. The van der Waals surface area contributed by atoms with Gasteiger partial charge in [-0.3, -0.25) is 10.1 Å². The van der Waals surface area contributed by atoms with E-state index in [9.17, 15) is 14.5 Å². The van der Waals surface area contributed by atoms with E-state index in [2.05, 4.69) is 31.9 Å². The first kappa shape index (κ1) is 15.9. The van der Waals surface area contributed by atoms with Crippen molar-refractivity contribution in [1.29, 1.82) is 0 Å². The summed E-state index contributed by atoms with van der Waals surface area (Å²) in [4.78, 5) is 9.95. The maximum Gasteiger partial charge on any atom is 0.305 e. The molecule has 0 N–H and O–H groups in total. The van der Waals surface area contributed by atoms with Gasteiger partial charge in [-0.15, -0.1) is 0 Å². The minimum atomic E-state index is -0.861. The highest BCUT2D eigenvalue weighted by Crippen LogP contribution is 2.27. The van der Waals surface area contributed by atoms with E-state index in [1.165, 1.54) is 12.1 Å². The zero-order chi connectivity index (χ0) is 15.4. The standard InChI is InChI=1S/C14H10Br2FNO3/c15-7-10-6-11(16)4-5-13(10)21-8-9-2-1-3-12(14(9)17)18(19)20/h1-6H,7-8H2. The highest BCUT2D eigenvalue weighted by atomic mass is 79.9. The number of nitro benzene ring substituents is 1. The molecule has 2 rings (SSSR count). The molecule has 0 unspecified atom stereocenters. The van der Waals surface area contributed by atoms with Crippen molar-refractivity contribution in [2.24, 2.45) is 0 Å². The summed E-state index contributed by atoms with van der Waals surface area (Å²) >= 11 is 6.71. The second-order valence-electron chi connectivity index (χ2n) is 4.18. The zero-order valence-corrected chi connectivity index (χ0v) is 13.9. The smallest absolute Gasteiger partial charge is 0.305 e. The molecule has 0 saturated heterocycles. The van der Waals surface area contributed by atoms with Gasteiger partial charge in [0.15, 0.2) is 0 Å². The van der Waals surface area contributed by atoms with Crippen molar-refractivity contribution in [3.63, 3.8) is 0 Å². The Morgan fingerprint density at radius 3 is 2.67 bits per heavy atom. The van der Waals surface area contributed by atoms with E-state index in [4.69, 9.17) is 4.74 Å². The van der Waals surface area contributed by atoms with E-state index in [-0.39, 0.29) is 12.2 Å². The molecule has 4 nitrogen and oxygen atoms in total. The van der Waals surface area contributed by atoms with Crippen molar-refractivity contribution < 1.29 is 14.1 Å². The van der Waals surface area contributed by atoms with Gasteiger partial charge in [0.2, 0.25) is 5.82 Å². The molecule has 0 aromatic heterocycles. The highest BCUT2D eigenvalue weighted by molar-refractivity contribution is 9.10. The molecule has 0 heterocycles. The third kappa shape index (κ3) is 3.79. The van der Waals surface area contributed by atoms with Gasteiger partial charge < -0.3 is 4.74 Å². The first-order chi connectivity index (χ1) is 10.0. The Labute approximate surface area is 137 Å². The molecule has 0 aliphatic rings. The second-order valence-corrected chi connectivity index (χ2v) is 5.66. The summed E-state index contributed by atoms with van der Waals surface area (Å²) in [5.41, 5.74) is 0.496. The summed E-state index contributed by atoms with van der Waals surface area (Å²) < 4.78 is 20.4. The number of hydrogen-bond donors (Lipinski definition) is 0. The Hall–Kier alpha value is -1.47. The van der Waals surface area contributed by atoms with Gasteiger partial charge in [0.25, 0.3) is 0 Å². The van der Waals surface area contributed by atoms with Crippen LogP contribution in [0.4, 0.5) is 10.1 Å². The molecular formula is C14H10Br2FNO3. The molecule has 2 aromatic rings. The number of rotatable bonds is 5. The van der Waals surface area contributed by atoms with Crippen LogP contribution in [0.2, 0.25) is 0 Å². The van der Waals surface area contributed by atoms with Crippen molar-refractivity contribution >= 4 is 37.5 Å². The Morgan fingerprint density at radius 1 is 1.24 bits per heavy atom. The van der Waals surface area contributed by atoms with Crippen LogP contribution < -0.4 is 4.74 Å². The minimum Gasteiger partial charge on any atom is -0.488 e. The largest absolute Gasteiger partial charge is 0.488 e. The number of halogens is 3. The predicted molar refractivity (Wildman–Crippen MR) is 84.2 cm³/mol. The maximum absolute atomic E-state index is 13.9. The summed E-state index contributed by atoms with van der Waals surface area (Å²) in [6, 6.07) is 9.49. The van der Waals surface area contributed by atoms with Crippen molar-refractivity contribution in [2.75, 3.05) is 0 Å². The lowest BCUT2D eigenvalue weighted by molar-refractivity contribution is -0.387. The molecule has 7 heteroatoms. The van der Waals surface area contributed by atoms with Gasteiger partial charge in [0.1, 0.15) is 12.4 Å². The second kappa shape index (κ2) is 7.00. The molecule has 0 spiro atoms. The van der Waals surface area contributed by atoms with Crippen LogP contribution in [0.5, 0.6) is 5.75 Å². The summed E-state index contributed by atoms with van der Waals surface area (Å²) in [6.07, 6.45) is 0. The quantitative estimate of drug-likeness (QED) is 0.391. The first-order valence-corrected chi connectivity index (χ1v) is 7.83. The molecule has 21 heavy (non-hydrogen) atoms. The van der Waals surface area contributed by atoms with Crippen molar-refractivity contribution in [3.05, 3.63) is 67.9 Å². The third-order valence-electron chi connectivity index (χ3n) is 2.80. The van der Waals surface area contributed by atoms with Gasteiger partial charge in [-0.25, -0.2) is 0 Å². The van der Waals surface area contributed by atoms with E-state index < -0.39 is 16.4 Å². The molecule has 0 aliphatic carbocycles. The molecule has 2 aromatic carbocycles. The van der Waals surface area contributed by atoms with Gasteiger partial charge in [-0.05, 0) is 18.2 Å². The Balaban J connectivity index is 2.21. The lowest BCUT2D eigenvalue weighted by atomic mass is 10.2. The molecule has 0 atom stereocenters. The average molecular weight is 419 g/mol. The monoisotopic (exact) mass is 417 g/mol. The fourth-order valence-corrected chi connectivity index (χ4v) is 2.61. The van der Waals surface area contributed by atoms with Gasteiger partial charge in [-0.2, -0.15) is 4.39 Å². The van der Waals surface area contributed by atoms with Crippen LogP contribution in [-0.4, -0.2) is 4.92 Å². The minimum absolute atomic E-state index is 0.0743. The van der Waals surface area contributed by atoms with E-state index in [1.54, 1.807) is 6.07 Å². The van der Waals surface area contributed by atoms with Crippen molar-refractivity contribution in [1.82, 2.24) is 0 Å². The van der Waals surface area contributed by atoms with Crippen LogP contribution in [0.15, 0.2) is 40.9 Å². The molecule has 0 aliphatic heterocycles. The summed E-state index contributed by atoms with van der Waals surface area (Å²) in [5.74, 6) is -0.263. The molecule has 0 fully saturated rings. The topological polar surface area (TPSA) is 52.4 Å². The first-order valence-electron chi connectivity index (χ1n) is 5.92. The normalized spacial score (nSPS) is 10.4. The molecule has 0 bridgehead atoms. The third-order valence-corrected chi connectivity index (χ3v) is 3.90. The summed E-state index contributed by atoms with van der Waals surface area (Å²) in [6.45, 7) is -0.0743. The molecule has 0 saturated carbocycles.